The topological polar surface area (TPSA) is 50.2 Å². The summed E-state index contributed by atoms with van der Waals surface area (Å²) >= 11 is 0. The first-order chi connectivity index (χ1) is 11.5. The minimum Gasteiger partial charge on any atom is -0.322 e. The number of anilines is 1. The van der Waals surface area contributed by atoms with E-state index in [1.807, 2.05) is 15.6 Å². The van der Waals surface area contributed by atoms with Gasteiger partial charge < -0.3 is 4.90 Å². The van der Waals surface area contributed by atoms with Crippen molar-refractivity contribution in [2.45, 2.75) is 97.6 Å². The molecule has 0 radical (unpaired) electrons. The molecule has 1 aliphatic heterocycles. The van der Waals surface area contributed by atoms with Crippen molar-refractivity contribution in [2.75, 3.05) is 11.9 Å². The van der Waals surface area contributed by atoms with Gasteiger partial charge in [0.15, 0.2) is 0 Å². The summed E-state index contributed by atoms with van der Waals surface area (Å²) in [5, 5.41) is 7.95. The van der Waals surface area contributed by atoms with Gasteiger partial charge in [0.2, 0.25) is 0 Å². The van der Waals surface area contributed by atoms with Crippen molar-refractivity contribution < 1.29 is 4.79 Å². The average molecular weight is 349 g/mol. The molecule has 1 saturated heterocycles. The molecule has 1 N–H and O–H groups in total. The molecule has 1 aromatic heterocycles. The Morgan fingerprint density at radius 3 is 2.44 bits per heavy atom. The van der Waals surface area contributed by atoms with Crippen LogP contribution in [0.5, 0.6) is 0 Å². The van der Waals surface area contributed by atoms with Crippen LogP contribution in [0.2, 0.25) is 0 Å². The second kappa shape index (κ2) is 7.38. The molecule has 1 fully saturated rings. The van der Waals surface area contributed by atoms with E-state index in [-0.39, 0.29) is 17.0 Å². The zero-order valence-corrected chi connectivity index (χ0v) is 17.1. The van der Waals surface area contributed by atoms with Crippen LogP contribution >= 0.6 is 0 Å². The van der Waals surface area contributed by atoms with Gasteiger partial charge in [-0.3, -0.25) is 5.32 Å². The van der Waals surface area contributed by atoms with E-state index in [0.29, 0.717) is 6.04 Å². The Bertz CT molecular complexity index is 592. The normalized spacial score (nSPS) is 19.6. The minimum atomic E-state index is -0.185. The van der Waals surface area contributed by atoms with Gasteiger partial charge in [0, 0.05) is 24.1 Å². The molecule has 1 aromatic rings. The molecular weight excluding hydrogens is 312 g/mol. The summed E-state index contributed by atoms with van der Waals surface area (Å²) in [4.78, 5) is 15.0. The highest BCUT2D eigenvalue weighted by Gasteiger charge is 2.28. The standard InChI is InChI=1S/C20H36N4O/c1-8-15-12-10-9-11-13-23(15)18(25)21-17-14-16(19(2,3)4)22-24(17)20(5,6)7/h14-15H,8-13H2,1-7H3,(H,21,25). The van der Waals surface area contributed by atoms with E-state index < -0.39 is 0 Å². The van der Waals surface area contributed by atoms with Crippen LogP contribution in [0.25, 0.3) is 0 Å². The number of carbonyl (C=O) groups excluding carboxylic acids is 1. The van der Waals surface area contributed by atoms with Crippen molar-refractivity contribution in [1.29, 1.82) is 0 Å². The highest BCUT2D eigenvalue weighted by Crippen LogP contribution is 2.29. The lowest BCUT2D eigenvalue weighted by molar-refractivity contribution is 0.186. The molecule has 0 spiro atoms. The third-order valence-electron chi connectivity index (χ3n) is 4.96. The molecule has 1 atom stereocenters. The van der Waals surface area contributed by atoms with E-state index in [2.05, 4.69) is 53.8 Å². The van der Waals surface area contributed by atoms with Crippen molar-refractivity contribution in [1.82, 2.24) is 14.7 Å². The summed E-state index contributed by atoms with van der Waals surface area (Å²) in [6.45, 7) is 15.8. The smallest absolute Gasteiger partial charge is 0.322 e. The first-order valence-corrected chi connectivity index (χ1v) is 9.72. The van der Waals surface area contributed by atoms with Gasteiger partial charge in [-0.25, -0.2) is 9.48 Å². The molecule has 1 aliphatic rings. The Balaban J connectivity index is 2.28. The highest BCUT2D eigenvalue weighted by molar-refractivity contribution is 5.88. The summed E-state index contributed by atoms with van der Waals surface area (Å²) in [6, 6.07) is 2.39. The molecule has 2 heterocycles. The van der Waals surface area contributed by atoms with Crippen LogP contribution in [0, 0.1) is 0 Å². The summed E-state index contributed by atoms with van der Waals surface area (Å²) in [7, 11) is 0. The number of nitrogens with one attached hydrogen (secondary N) is 1. The van der Waals surface area contributed by atoms with E-state index in [4.69, 9.17) is 5.10 Å². The van der Waals surface area contributed by atoms with Gasteiger partial charge in [0.1, 0.15) is 5.82 Å². The fourth-order valence-electron chi connectivity index (χ4n) is 3.40. The van der Waals surface area contributed by atoms with Crippen molar-refractivity contribution in [3.05, 3.63) is 11.8 Å². The predicted molar refractivity (Wildman–Crippen MR) is 104 cm³/mol. The zero-order valence-electron chi connectivity index (χ0n) is 17.1. The fourth-order valence-corrected chi connectivity index (χ4v) is 3.40. The largest absolute Gasteiger partial charge is 0.323 e. The molecule has 0 aliphatic carbocycles. The lowest BCUT2D eigenvalue weighted by atomic mass is 9.92. The average Bonchev–Trinajstić information content (AvgIpc) is 2.78. The number of urea groups is 1. The number of aromatic nitrogens is 2. The Morgan fingerprint density at radius 2 is 1.88 bits per heavy atom. The minimum absolute atomic E-state index is 0.0135. The third-order valence-corrected chi connectivity index (χ3v) is 4.96. The Morgan fingerprint density at radius 1 is 1.20 bits per heavy atom. The zero-order chi connectivity index (χ0) is 18.8. The van der Waals surface area contributed by atoms with Crippen molar-refractivity contribution in [2.24, 2.45) is 0 Å². The molecule has 0 saturated carbocycles. The first kappa shape index (κ1) is 19.8. The van der Waals surface area contributed by atoms with E-state index in [9.17, 15) is 4.79 Å². The van der Waals surface area contributed by atoms with Crippen LogP contribution < -0.4 is 5.32 Å². The van der Waals surface area contributed by atoms with Crippen LogP contribution in [-0.4, -0.2) is 33.3 Å². The lowest BCUT2D eigenvalue weighted by Crippen LogP contribution is -2.43. The number of hydrogen-bond donors (Lipinski definition) is 1. The second-order valence-corrected chi connectivity index (χ2v) is 9.28. The van der Waals surface area contributed by atoms with Gasteiger partial charge in [-0.05, 0) is 40.0 Å². The molecule has 5 nitrogen and oxygen atoms in total. The summed E-state index contributed by atoms with van der Waals surface area (Å²) in [5.74, 6) is 0.793. The van der Waals surface area contributed by atoms with Gasteiger partial charge in [0.25, 0.3) is 0 Å². The van der Waals surface area contributed by atoms with Gasteiger partial charge in [-0.2, -0.15) is 5.10 Å². The Kier molecular flexibility index (Phi) is 5.85. The van der Waals surface area contributed by atoms with Crippen molar-refractivity contribution in [3.8, 4) is 0 Å². The first-order valence-electron chi connectivity index (χ1n) is 9.72. The maximum atomic E-state index is 13.0. The van der Waals surface area contributed by atoms with Crippen molar-refractivity contribution >= 4 is 11.8 Å². The Labute approximate surface area is 153 Å². The molecule has 1 unspecified atom stereocenters. The van der Waals surface area contributed by atoms with E-state index >= 15 is 0 Å². The second-order valence-electron chi connectivity index (χ2n) is 9.28. The van der Waals surface area contributed by atoms with Crippen LogP contribution in [0.4, 0.5) is 10.6 Å². The SMILES string of the molecule is CCC1CCCCCN1C(=O)Nc1cc(C(C)(C)C)nn1C(C)(C)C. The van der Waals surface area contributed by atoms with E-state index in [1.165, 1.54) is 12.8 Å². The molecule has 2 amide bonds. The number of likely N-dealkylation sites (tertiary alicyclic amines) is 1. The monoisotopic (exact) mass is 348 g/mol. The van der Waals surface area contributed by atoms with Gasteiger partial charge in [-0.1, -0.05) is 40.5 Å². The van der Waals surface area contributed by atoms with Gasteiger partial charge in [-0.15, -0.1) is 0 Å². The molecule has 0 bridgehead atoms. The lowest BCUT2D eigenvalue weighted by Gasteiger charge is -2.30. The molecule has 142 valence electrons. The molecule has 0 aromatic carbocycles. The van der Waals surface area contributed by atoms with Crippen LogP contribution in [0.15, 0.2) is 6.07 Å². The molecule has 5 heteroatoms. The predicted octanol–water partition coefficient (Wildman–Crippen LogP) is 5.12. The summed E-state index contributed by atoms with van der Waals surface area (Å²) in [6.07, 6.45) is 5.65. The van der Waals surface area contributed by atoms with Crippen LogP contribution in [0.1, 0.15) is 86.3 Å². The maximum absolute atomic E-state index is 13.0. The van der Waals surface area contributed by atoms with Crippen molar-refractivity contribution in [3.63, 3.8) is 0 Å². The molecular formula is C20H36N4O. The highest BCUT2D eigenvalue weighted by atomic mass is 16.2. The summed E-state index contributed by atoms with van der Waals surface area (Å²) < 4.78 is 1.95. The van der Waals surface area contributed by atoms with Crippen LogP contribution in [0.3, 0.4) is 0 Å². The van der Waals surface area contributed by atoms with E-state index in [1.54, 1.807) is 0 Å². The van der Waals surface area contributed by atoms with Gasteiger partial charge in [0.05, 0.1) is 11.2 Å². The molecule has 25 heavy (non-hydrogen) atoms. The number of amides is 2. The molecule has 2 rings (SSSR count). The Hall–Kier alpha value is -1.52. The number of rotatable bonds is 2. The van der Waals surface area contributed by atoms with Gasteiger partial charge >= 0.3 is 6.03 Å². The third kappa shape index (κ3) is 4.77. The van der Waals surface area contributed by atoms with Crippen LogP contribution in [-0.2, 0) is 11.0 Å². The number of hydrogen-bond acceptors (Lipinski definition) is 2. The summed E-state index contributed by atoms with van der Waals surface area (Å²) in [5.41, 5.74) is 0.764. The van der Waals surface area contributed by atoms with E-state index in [0.717, 1.165) is 37.3 Å². The number of carbonyl (C=O) groups is 1. The quantitative estimate of drug-likeness (QED) is 0.806. The fraction of sp³-hybridized carbons (Fsp3) is 0.800. The number of nitrogens with zero attached hydrogens (tertiary/aromatic N) is 3. The maximum Gasteiger partial charge on any atom is 0.323 e.